The van der Waals surface area contributed by atoms with Crippen LogP contribution < -0.4 is 5.73 Å². The minimum Gasteiger partial charge on any atom is -0.325 e. The molecule has 1 aliphatic rings. The first-order valence-electron chi connectivity index (χ1n) is 5.61. The van der Waals surface area contributed by atoms with Crippen molar-refractivity contribution in [2.75, 3.05) is 0 Å². The summed E-state index contributed by atoms with van der Waals surface area (Å²) in [6.45, 7) is 0. The molecule has 6 nitrogen and oxygen atoms in total. The summed E-state index contributed by atoms with van der Waals surface area (Å²) in [5.41, 5.74) is 5.86. The average Bonchev–Trinajstić information content (AvgIpc) is 2.75. The van der Waals surface area contributed by atoms with Crippen LogP contribution in [0.2, 0.25) is 0 Å². The van der Waals surface area contributed by atoms with Crippen LogP contribution in [0.3, 0.4) is 0 Å². The Morgan fingerprint density at radius 3 is 2.75 bits per heavy atom. The molecule has 0 atom stereocenters. The molecule has 2 N–H and O–H groups in total. The number of hydrogen-bond donors (Lipinski definition) is 1. The monoisotopic (exact) mass is 223 g/mol. The van der Waals surface area contributed by atoms with Gasteiger partial charge in [-0.2, -0.15) is 4.80 Å². The van der Waals surface area contributed by atoms with Gasteiger partial charge >= 0.3 is 0 Å². The van der Waals surface area contributed by atoms with Crippen LogP contribution in [-0.2, 0) is 18.3 Å². The van der Waals surface area contributed by atoms with E-state index in [4.69, 9.17) is 5.73 Å². The summed E-state index contributed by atoms with van der Waals surface area (Å²) in [7, 11) is 1.68. The minimum atomic E-state index is -0.278. The van der Waals surface area contributed by atoms with Crippen molar-refractivity contribution in [2.24, 2.45) is 12.8 Å². The fraction of sp³-hybridized carbons (Fsp3) is 0.800. The zero-order valence-corrected chi connectivity index (χ0v) is 9.52. The van der Waals surface area contributed by atoms with Gasteiger partial charge in [-0.3, -0.25) is 4.79 Å². The molecule has 0 aromatic carbocycles. The Bertz CT molecular complexity index is 380. The van der Waals surface area contributed by atoms with Gasteiger partial charge in [0.25, 0.3) is 0 Å². The Labute approximate surface area is 94.2 Å². The third-order valence-corrected chi connectivity index (χ3v) is 3.05. The van der Waals surface area contributed by atoms with Crippen molar-refractivity contribution in [3.05, 3.63) is 5.82 Å². The predicted octanol–water partition coefficient (Wildman–Crippen LogP) is -0.0167. The van der Waals surface area contributed by atoms with Crippen LogP contribution in [-0.4, -0.2) is 31.5 Å². The van der Waals surface area contributed by atoms with E-state index in [1.807, 2.05) is 0 Å². The Hall–Kier alpha value is -1.30. The van der Waals surface area contributed by atoms with E-state index < -0.39 is 0 Å². The molecule has 1 aromatic heterocycles. The number of ketones is 1. The summed E-state index contributed by atoms with van der Waals surface area (Å²) in [5.74, 6) is 0.589. The lowest BCUT2D eigenvalue weighted by Gasteiger charge is -2.21. The minimum absolute atomic E-state index is 0.109. The molecule has 1 aromatic rings. The molecule has 0 unspecified atom stereocenters. The standard InChI is InChI=1S/C10H17N5O/c1-15-13-9(12-14-15)6-8(16)7-10(11)4-2-3-5-10/h2-7,11H2,1H3. The van der Waals surface area contributed by atoms with Crippen molar-refractivity contribution < 1.29 is 4.79 Å². The second kappa shape index (κ2) is 4.29. The van der Waals surface area contributed by atoms with Gasteiger partial charge in [0.1, 0.15) is 5.78 Å². The molecule has 6 heteroatoms. The smallest absolute Gasteiger partial charge is 0.182 e. The normalized spacial score (nSPS) is 18.9. The van der Waals surface area contributed by atoms with E-state index in [9.17, 15) is 4.79 Å². The lowest BCUT2D eigenvalue weighted by molar-refractivity contribution is -0.119. The van der Waals surface area contributed by atoms with Crippen molar-refractivity contribution in [1.82, 2.24) is 20.2 Å². The summed E-state index contributed by atoms with van der Waals surface area (Å²) in [5, 5.41) is 11.5. The molecule has 1 fully saturated rings. The zero-order valence-electron chi connectivity index (χ0n) is 9.52. The first kappa shape index (κ1) is 11.2. The quantitative estimate of drug-likeness (QED) is 0.775. The molecule has 16 heavy (non-hydrogen) atoms. The molecule has 0 aliphatic heterocycles. The third kappa shape index (κ3) is 2.63. The van der Waals surface area contributed by atoms with Gasteiger partial charge in [-0.15, -0.1) is 10.2 Å². The van der Waals surface area contributed by atoms with Gasteiger partial charge < -0.3 is 5.73 Å². The Kier molecular flexibility index (Phi) is 3.00. The molecule has 1 saturated carbocycles. The maximum Gasteiger partial charge on any atom is 0.182 e. The Balaban J connectivity index is 1.89. The largest absolute Gasteiger partial charge is 0.325 e. The second-order valence-electron chi connectivity index (χ2n) is 4.66. The topological polar surface area (TPSA) is 86.7 Å². The molecule has 2 rings (SSSR count). The van der Waals surface area contributed by atoms with Gasteiger partial charge in [0.15, 0.2) is 5.82 Å². The fourth-order valence-electron chi connectivity index (χ4n) is 2.28. The van der Waals surface area contributed by atoms with Crippen LogP contribution in [0.1, 0.15) is 37.9 Å². The van der Waals surface area contributed by atoms with Crippen LogP contribution >= 0.6 is 0 Å². The van der Waals surface area contributed by atoms with Crippen LogP contribution in [0.15, 0.2) is 0 Å². The van der Waals surface area contributed by atoms with Crippen molar-refractivity contribution in [3.8, 4) is 0 Å². The lowest BCUT2D eigenvalue weighted by atomic mass is 9.91. The van der Waals surface area contributed by atoms with Crippen molar-refractivity contribution >= 4 is 5.78 Å². The number of tetrazole rings is 1. The first-order chi connectivity index (χ1) is 7.57. The van der Waals surface area contributed by atoms with E-state index in [-0.39, 0.29) is 17.7 Å². The van der Waals surface area contributed by atoms with Gasteiger partial charge in [-0.1, -0.05) is 12.8 Å². The van der Waals surface area contributed by atoms with E-state index in [1.54, 1.807) is 7.05 Å². The van der Waals surface area contributed by atoms with Gasteiger partial charge in [-0.05, 0) is 18.1 Å². The SMILES string of the molecule is Cn1nnc(CC(=O)CC2(N)CCCC2)n1. The number of nitrogens with zero attached hydrogens (tertiary/aromatic N) is 4. The maximum absolute atomic E-state index is 11.8. The Morgan fingerprint density at radius 2 is 2.19 bits per heavy atom. The summed E-state index contributed by atoms with van der Waals surface area (Å²) in [6.07, 6.45) is 4.84. The molecule has 88 valence electrons. The number of nitrogens with two attached hydrogens (primary N) is 1. The number of hydrogen-bond acceptors (Lipinski definition) is 5. The number of Topliss-reactive ketones (excluding diaryl/α,β-unsaturated/α-hetero) is 1. The number of carbonyl (C=O) groups excluding carboxylic acids is 1. The van der Waals surface area contributed by atoms with Crippen LogP contribution in [0.25, 0.3) is 0 Å². The fourth-order valence-corrected chi connectivity index (χ4v) is 2.28. The lowest BCUT2D eigenvalue weighted by Crippen LogP contribution is -2.39. The molecule has 0 amide bonds. The van der Waals surface area contributed by atoms with Gasteiger partial charge in [0.2, 0.25) is 0 Å². The molecule has 0 radical (unpaired) electrons. The van der Waals surface area contributed by atoms with Crippen molar-refractivity contribution in [3.63, 3.8) is 0 Å². The second-order valence-corrected chi connectivity index (χ2v) is 4.66. The highest BCUT2D eigenvalue weighted by Gasteiger charge is 2.31. The highest BCUT2D eigenvalue weighted by atomic mass is 16.1. The zero-order chi connectivity index (χ0) is 11.6. The van der Waals surface area contributed by atoms with Gasteiger partial charge in [-0.25, -0.2) is 0 Å². The van der Waals surface area contributed by atoms with Crippen LogP contribution in [0, 0.1) is 0 Å². The molecule has 1 aliphatic carbocycles. The molecule has 0 spiro atoms. The summed E-state index contributed by atoms with van der Waals surface area (Å²) in [4.78, 5) is 13.1. The van der Waals surface area contributed by atoms with E-state index in [1.165, 1.54) is 4.80 Å². The van der Waals surface area contributed by atoms with Gasteiger partial charge in [0.05, 0.1) is 13.5 Å². The summed E-state index contributed by atoms with van der Waals surface area (Å²) < 4.78 is 0. The number of rotatable bonds is 4. The molecule has 0 bridgehead atoms. The molecular weight excluding hydrogens is 206 g/mol. The third-order valence-electron chi connectivity index (χ3n) is 3.05. The highest BCUT2D eigenvalue weighted by molar-refractivity contribution is 5.81. The number of carbonyl (C=O) groups is 1. The van der Waals surface area contributed by atoms with E-state index in [0.29, 0.717) is 12.2 Å². The molecular formula is C10H17N5O. The number of aromatic nitrogens is 4. The van der Waals surface area contributed by atoms with Crippen LogP contribution in [0.4, 0.5) is 0 Å². The van der Waals surface area contributed by atoms with E-state index >= 15 is 0 Å². The predicted molar refractivity (Wildman–Crippen MR) is 57.5 cm³/mol. The number of aryl methyl sites for hydroxylation is 1. The van der Waals surface area contributed by atoms with Gasteiger partial charge in [0, 0.05) is 12.0 Å². The highest BCUT2D eigenvalue weighted by Crippen LogP contribution is 2.30. The van der Waals surface area contributed by atoms with E-state index in [0.717, 1.165) is 25.7 Å². The molecule has 1 heterocycles. The van der Waals surface area contributed by atoms with Crippen molar-refractivity contribution in [2.45, 2.75) is 44.1 Å². The van der Waals surface area contributed by atoms with Crippen molar-refractivity contribution in [1.29, 1.82) is 0 Å². The van der Waals surface area contributed by atoms with E-state index in [2.05, 4.69) is 15.4 Å². The maximum atomic E-state index is 11.8. The summed E-state index contributed by atoms with van der Waals surface area (Å²) >= 11 is 0. The Morgan fingerprint density at radius 1 is 1.50 bits per heavy atom. The first-order valence-corrected chi connectivity index (χ1v) is 5.61. The summed E-state index contributed by atoms with van der Waals surface area (Å²) in [6, 6.07) is 0. The van der Waals surface area contributed by atoms with Crippen LogP contribution in [0.5, 0.6) is 0 Å². The average molecular weight is 223 g/mol. The molecule has 0 saturated heterocycles.